The van der Waals surface area contributed by atoms with Gasteiger partial charge in [0.25, 0.3) is 0 Å². The van der Waals surface area contributed by atoms with Gasteiger partial charge in [0.05, 0.1) is 0 Å². The molecule has 4 unspecified atom stereocenters. The molecule has 0 heterocycles. The summed E-state index contributed by atoms with van der Waals surface area (Å²) in [6.07, 6.45) is 7.48. The Morgan fingerprint density at radius 2 is 1.94 bits per heavy atom. The van der Waals surface area contributed by atoms with Crippen molar-refractivity contribution < 1.29 is 0 Å². The van der Waals surface area contributed by atoms with E-state index in [9.17, 15) is 0 Å². The number of alkyl halides is 1. The van der Waals surface area contributed by atoms with Crippen molar-refractivity contribution in [2.24, 2.45) is 17.8 Å². The Morgan fingerprint density at radius 3 is 2.50 bits per heavy atom. The Kier molecular flexibility index (Phi) is 3.79. The van der Waals surface area contributed by atoms with Gasteiger partial charge in [-0.25, -0.2) is 0 Å². The van der Waals surface area contributed by atoms with Crippen molar-refractivity contribution in [2.45, 2.75) is 44.9 Å². The summed E-state index contributed by atoms with van der Waals surface area (Å²) in [7, 11) is 0. The van der Waals surface area contributed by atoms with E-state index >= 15 is 0 Å². The molecule has 2 fully saturated rings. The van der Waals surface area contributed by atoms with Crippen LogP contribution in [0.3, 0.4) is 0 Å². The largest absolute Gasteiger partial charge is 0.0921 e. The van der Waals surface area contributed by atoms with Gasteiger partial charge >= 0.3 is 0 Å². The maximum Gasteiger partial charge on any atom is 0.0100 e. The molecule has 0 spiro atoms. The Morgan fingerprint density at radius 1 is 1.17 bits per heavy atom. The first-order chi connectivity index (χ1) is 8.76. The van der Waals surface area contributed by atoms with Crippen LogP contribution in [0.5, 0.6) is 0 Å². The Labute approximate surface area is 119 Å². The fourth-order valence-corrected chi connectivity index (χ4v) is 4.80. The zero-order valence-corrected chi connectivity index (χ0v) is 12.8. The molecular formula is C17H23Br. The van der Waals surface area contributed by atoms with Crippen LogP contribution in [0.2, 0.25) is 0 Å². The molecule has 4 atom stereocenters. The maximum absolute atomic E-state index is 3.73. The summed E-state index contributed by atoms with van der Waals surface area (Å²) in [5.41, 5.74) is 2.90. The number of halogens is 1. The highest BCUT2D eigenvalue weighted by Gasteiger charge is 2.40. The molecule has 18 heavy (non-hydrogen) atoms. The highest BCUT2D eigenvalue weighted by Crippen LogP contribution is 2.51. The van der Waals surface area contributed by atoms with Gasteiger partial charge in [-0.05, 0) is 61.8 Å². The van der Waals surface area contributed by atoms with E-state index in [0.717, 1.165) is 29.0 Å². The fraction of sp³-hybridized carbons (Fsp3) is 0.647. The Hall–Kier alpha value is -0.300. The van der Waals surface area contributed by atoms with Gasteiger partial charge in [-0.1, -0.05) is 52.2 Å². The van der Waals surface area contributed by atoms with Gasteiger partial charge in [-0.2, -0.15) is 0 Å². The van der Waals surface area contributed by atoms with E-state index in [1.165, 1.54) is 43.2 Å². The van der Waals surface area contributed by atoms with Gasteiger partial charge < -0.3 is 0 Å². The van der Waals surface area contributed by atoms with Crippen LogP contribution < -0.4 is 0 Å². The second-order valence-electron chi connectivity index (χ2n) is 6.43. The fourth-order valence-electron chi connectivity index (χ4n) is 4.16. The third-order valence-corrected chi connectivity index (χ3v) is 5.99. The number of rotatable bonds is 4. The zero-order valence-electron chi connectivity index (χ0n) is 11.2. The lowest BCUT2D eigenvalue weighted by Crippen LogP contribution is -2.15. The molecule has 2 bridgehead atoms. The van der Waals surface area contributed by atoms with Crippen LogP contribution in [0.1, 0.15) is 49.1 Å². The molecule has 2 saturated carbocycles. The molecule has 1 aromatic rings. The highest BCUT2D eigenvalue weighted by atomic mass is 79.9. The molecule has 2 aliphatic rings. The topological polar surface area (TPSA) is 0 Å². The average molecular weight is 307 g/mol. The summed E-state index contributed by atoms with van der Waals surface area (Å²) >= 11 is 3.73. The maximum atomic E-state index is 3.73. The van der Waals surface area contributed by atoms with Crippen LogP contribution in [-0.4, -0.2) is 5.33 Å². The van der Waals surface area contributed by atoms with E-state index in [0.29, 0.717) is 0 Å². The van der Waals surface area contributed by atoms with E-state index in [-0.39, 0.29) is 0 Å². The van der Waals surface area contributed by atoms with E-state index in [4.69, 9.17) is 0 Å². The lowest BCUT2D eigenvalue weighted by molar-refractivity contribution is 0.301. The summed E-state index contributed by atoms with van der Waals surface area (Å²) in [5.74, 6) is 3.86. The van der Waals surface area contributed by atoms with Crippen LogP contribution in [0.25, 0.3) is 0 Å². The van der Waals surface area contributed by atoms with Crippen molar-refractivity contribution in [3.63, 3.8) is 0 Å². The average Bonchev–Trinajstić information content (AvgIpc) is 2.99. The number of hydrogen-bond acceptors (Lipinski definition) is 0. The van der Waals surface area contributed by atoms with Gasteiger partial charge in [0.15, 0.2) is 0 Å². The van der Waals surface area contributed by atoms with Crippen molar-refractivity contribution in [2.75, 3.05) is 5.33 Å². The first kappa shape index (κ1) is 12.7. The number of fused-ring (bicyclic) bond motifs is 2. The summed E-state index contributed by atoms with van der Waals surface area (Å²) in [4.78, 5) is 0. The van der Waals surface area contributed by atoms with E-state index in [2.05, 4.69) is 47.1 Å². The first-order valence-electron chi connectivity index (χ1n) is 7.38. The van der Waals surface area contributed by atoms with Gasteiger partial charge in [-0.15, -0.1) is 0 Å². The second kappa shape index (κ2) is 5.36. The molecule has 3 rings (SSSR count). The normalized spacial score (nSPS) is 31.8. The van der Waals surface area contributed by atoms with Crippen molar-refractivity contribution in [3.05, 3.63) is 35.4 Å². The lowest BCUT2D eigenvalue weighted by Gasteiger charge is -2.26. The highest BCUT2D eigenvalue weighted by molar-refractivity contribution is 9.09. The molecule has 0 aromatic heterocycles. The first-order valence-corrected chi connectivity index (χ1v) is 8.51. The summed E-state index contributed by atoms with van der Waals surface area (Å²) in [5, 5.41) is 1.12. The Balaban J connectivity index is 1.67. The van der Waals surface area contributed by atoms with Crippen molar-refractivity contribution in [3.8, 4) is 0 Å². The minimum Gasteiger partial charge on any atom is -0.0921 e. The van der Waals surface area contributed by atoms with Gasteiger partial charge in [0.2, 0.25) is 0 Å². The minimum atomic E-state index is 0.718. The number of aryl methyl sites for hydroxylation is 1. The molecule has 0 N–H and O–H groups in total. The minimum absolute atomic E-state index is 0.718. The molecular weight excluding hydrogens is 284 g/mol. The predicted octanol–water partition coefficient (Wildman–Crippen LogP) is 5.30. The molecule has 98 valence electrons. The van der Waals surface area contributed by atoms with Crippen LogP contribution in [0, 0.1) is 24.7 Å². The van der Waals surface area contributed by atoms with Crippen molar-refractivity contribution in [1.82, 2.24) is 0 Å². The zero-order chi connectivity index (χ0) is 12.5. The van der Waals surface area contributed by atoms with Gasteiger partial charge in [-0.3, -0.25) is 0 Å². The lowest BCUT2D eigenvalue weighted by atomic mass is 9.80. The molecule has 0 amide bonds. The van der Waals surface area contributed by atoms with E-state index in [1.54, 1.807) is 0 Å². The molecule has 2 aliphatic carbocycles. The number of hydrogen-bond donors (Lipinski definition) is 0. The van der Waals surface area contributed by atoms with Crippen molar-refractivity contribution in [1.29, 1.82) is 0 Å². The van der Waals surface area contributed by atoms with Crippen LogP contribution >= 0.6 is 15.9 Å². The predicted molar refractivity (Wildman–Crippen MR) is 81.3 cm³/mol. The number of benzene rings is 1. The van der Waals surface area contributed by atoms with Crippen LogP contribution in [0.15, 0.2) is 24.3 Å². The quantitative estimate of drug-likeness (QED) is 0.662. The monoisotopic (exact) mass is 306 g/mol. The Bertz CT molecular complexity index is 395. The molecule has 0 aliphatic heterocycles. The van der Waals surface area contributed by atoms with Crippen molar-refractivity contribution >= 4 is 15.9 Å². The van der Waals surface area contributed by atoms with E-state index < -0.39 is 0 Å². The smallest absolute Gasteiger partial charge is 0.0100 e. The third-order valence-electron chi connectivity index (χ3n) is 5.21. The summed E-state index contributed by atoms with van der Waals surface area (Å²) < 4.78 is 0. The van der Waals surface area contributed by atoms with Gasteiger partial charge in [0.1, 0.15) is 0 Å². The molecule has 1 heteroatoms. The third kappa shape index (κ3) is 2.52. The summed E-state index contributed by atoms with van der Waals surface area (Å²) in [6.45, 7) is 2.17. The van der Waals surface area contributed by atoms with Crippen LogP contribution in [-0.2, 0) is 0 Å². The molecule has 0 nitrogen and oxygen atoms in total. The SMILES string of the molecule is Cc1ccc(C(CBr)CC2CC3CCC2C3)cc1. The molecule has 0 saturated heterocycles. The molecule has 1 aromatic carbocycles. The summed E-state index contributed by atoms with van der Waals surface area (Å²) in [6, 6.07) is 9.17. The van der Waals surface area contributed by atoms with E-state index in [1.807, 2.05) is 0 Å². The standard InChI is InChI=1S/C17H23Br/c1-12-2-5-14(6-3-12)17(11-18)10-16-9-13-4-7-15(16)8-13/h2-3,5-6,13,15-17H,4,7-11H2,1H3. The second-order valence-corrected chi connectivity index (χ2v) is 7.08. The van der Waals surface area contributed by atoms with Crippen LogP contribution in [0.4, 0.5) is 0 Å². The molecule has 0 radical (unpaired) electrons. The van der Waals surface area contributed by atoms with Gasteiger partial charge in [0, 0.05) is 5.33 Å².